The van der Waals surface area contributed by atoms with Crippen molar-refractivity contribution in [2.45, 2.75) is 6.92 Å². The van der Waals surface area contributed by atoms with Gasteiger partial charge in [0, 0.05) is 16.7 Å². The summed E-state index contributed by atoms with van der Waals surface area (Å²) < 4.78 is 5.69. The summed E-state index contributed by atoms with van der Waals surface area (Å²) >= 11 is 17.2. The van der Waals surface area contributed by atoms with E-state index in [0.717, 1.165) is 5.56 Å². The SMILES string of the molecule is Cc1ccc(O)c(NC(=S)NC(=O)/C=C/c2ccc(-c3ccc(Cl)cc3Cl)o2)c1. The molecule has 8 heteroatoms. The number of phenolic OH excluding ortho intramolecular Hbond substituents is 1. The molecule has 0 bridgehead atoms. The van der Waals surface area contributed by atoms with E-state index in [1.807, 2.05) is 6.92 Å². The summed E-state index contributed by atoms with van der Waals surface area (Å²) in [5, 5.41) is 16.2. The van der Waals surface area contributed by atoms with Crippen molar-refractivity contribution in [1.29, 1.82) is 0 Å². The number of hydrogen-bond donors (Lipinski definition) is 3. The van der Waals surface area contributed by atoms with Crippen molar-refractivity contribution >= 4 is 58.2 Å². The minimum absolute atomic E-state index is 0.0340. The quantitative estimate of drug-likeness (QED) is 0.268. The first-order valence-electron chi connectivity index (χ1n) is 8.47. The first kappa shape index (κ1) is 20.9. The zero-order valence-electron chi connectivity index (χ0n) is 15.2. The van der Waals surface area contributed by atoms with Crippen molar-refractivity contribution < 1.29 is 14.3 Å². The van der Waals surface area contributed by atoms with E-state index >= 15 is 0 Å². The summed E-state index contributed by atoms with van der Waals surface area (Å²) in [6, 6.07) is 13.6. The lowest BCUT2D eigenvalue weighted by molar-refractivity contribution is -0.115. The van der Waals surface area contributed by atoms with Gasteiger partial charge in [-0.2, -0.15) is 0 Å². The molecule has 0 unspecified atom stereocenters. The largest absolute Gasteiger partial charge is 0.506 e. The summed E-state index contributed by atoms with van der Waals surface area (Å²) in [7, 11) is 0. The maximum Gasteiger partial charge on any atom is 0.250 e. The Bertz CT molecular complexity index is 1110. The lowest BCUT2D eigenvalue weighted by Crippen LogP contribution is -2.32. The fraction of sp³-hybridized carbons (Fsp3) is 0.0476. The fourth-order valence-corrected chi connectivity index (χ4v) is 3.20. The number of hydrogen-bond acceptors (Lipinski definition) is 4. The normalized spacial score (nSPS) is 10.9. The average Bonchev–Trinajstić information content (AvgIpc) is 3.11. The molecule has 0 saturated heterocycles. The topological polar surface area (TPSA) is 74.5 Å². The maximum absolute atomic E-state index is 12.1. The highest BCUT2D eigenvalue weighted by Gasteiger charge is 2.09. The van der Waals surface area contributed by atoms with E-state index in [0.29, 0.717) is 32.8 Å². The number of halogens is 2. The van der Waals surface area contributed by atoms with Crippen molar-refractivity contribution in [2.24, 2.45) is 0 Å². The van der Waals surface area contributed by atoms with Crippen LogP contribution in [0.5, 0.6) is 5.75 Å². The number of furan rings is 1. The molecule has 148 valence electrons. The summed E-state index contributed by atoms with van der Waals surface area (Å²) in [6.45, 7) is 1.88. The highest BCUT2D eigenvalue weighted by Crippen LogP contribution is 2.31. The van der Waals surface area contributed by atoms with Crippen LogP contribution in [0.4, 0.5) is 5.69 Å². The predicted molar refractivity (Wildman–Crippen MR) is 120 cm³/mol. The van der Waals surface area contributed by atoms with Crippen molar-refractivity contribution in [3.8, 4) is 17.1 Å². The summed E-state index contributed by atoms with van der Waals surface area (Å²) in [5.41, 5.74) is 2.05. The highest BCUT2D eigenvalue weighted by molar-refractivity contribution is 7.80. The number of aryl methyl sites for hydroxylation is 1. The van der Waals surface area contributed by atoms with E-state index in [1.54, 1.807) is 48.5 Å². The predicted octanol–water partition coefficient (Wildman–Crippen LogP) is 5.79. The molecular weight excluding hydrogens is 431 g/mol. The second-order valence-electron chi connectivity index (χ2n) is 6.12. The lowest BCUT2D eigenvalue weighted by Gasteiger charge is -2.10. The minimum atomic E-state index is -0.447. The van der Waals surface area contributed by atoms with E-state index in [9.17, 15) is 9.90 Å². The van der Waals surface area contributed by atoms with Gasteiger partial charge in [-0.05, 0) is 73.2 Å². The average molecular weight is 447 g/mol. The first-order chi connectivity index (χ1) is 13.8. The Morgan fingerprint density at radius 3 is 2.69 bits per heavy atom. The van der Waals surface area contributed by atoms with Gasteiger partial charge >= 0.3 is 0 Å². The van der Waals surface area contributed by atoms with Gasteiger partial charge in [0.05, 0.1) is 10.7 Å². The number of carbonyl (C=O) groups excluding carboxylic acids is 1. The fourth-order valence-electron chi connectivity index (χ4n) is 2.49. The van der Waals surface area contributed by atoms with Gasteiger partial charge in [-0.25, -0.2) is 0 Å². The summed E-state index contributed by atoms with van der Waals surface area (Å²) in [4.78, 5) is 12.1. The molecule has 3 aromatic rings. The van der Waals surface area contributed by atoms with Crippen LogP contribution in [0.2, 0.25) is 10.0 Å². The van der Waals surface area contributed by atoms with Crippen LogP contribution in [0.3, 0.4) is 0 Å². The molecule has 0 radical (unpaired) electrons. The second-order valence-corrected chi connectivity index (χ2v) is 7.38. The van der Waals surface area contributed by atoms with E-state index < -0.39 is 5.91 Å². The maximum atomic E-state index is 12.1. The molecule has 3 rings (SSSR count). The van der Waals surface area contributed by atoms with E-state index in [-0.39, 0.29) is 10.9 Å². The van der Waals surface area contributed by atoms with E-state index in [1.165, 1.54) is 12.2 Å². The number of aromatic hydroxyl groups is 1. The number of thiocarbonyl (C=S) groups is 1. The molecule has 0 atom stereocenters. The molecular formula is C21H16Cl2N2O3S. The molecule has 0 spiro atoms. The van der Waals surface area contributed by atoms with Crippen LogP contribution in [-0.4, -0.2) is 16.1 Å². The van der Waals surface area contributed by atoms with Crippen LogP contribution in [0.15, 0.2) is 59.0 Å². The smallest absolute Gasteiger partial charge is 0.250 e. The van der Waals surface area contributed by atoms with Crippen molar-refractivity contribution in [2.75, 3.05) is 5.32 Å². The van der Waals surface area contributed by atoms with Gasteiger partial charge in [0.2, 0.25) is 5.91 Å². The van der Waals surface area contributed by atoms with Gasteiger partial charge in [0.1, 0.15) is 17.3 Å². The molecule has 0 aliphatic carbocycles. The minimum Gasteiger partial charge on any atom is -0.506 e. The summed E-state index contributed by atoms with van der Waals surface area (Å²) in [6.07, 6.45) is 2.80. The zero-order chi connectivity index (χ0) is 21.0. The van der Waals surface area contributed by atoms with Crippen LogP contribution >= 0.6 is 35.4 Å². The Labute approximate surface area is 182 Å². The monoisotopic (exact) mass is 446 g/mol. The molecule has 0 aliphatic rings. The van der Waals surface area contributed by atoms with Crippen LogP contribution in [0.1, 0.15) is 11.3 Å². The van der Waals surface area contributed by atoms with Gasteiger partial charge in [-0.3, -0.25) is 10.1 Å². The molecule has 3 N–H and O–H groups in total. The Balaban J connectivity index is 1.61. The zero-order valence-corrected chi connectivity index (χ0v) is 17.5. The molecule has 5 nitrogen and oxygen atoms in total. The molecule has 1 amide bonds. The molecule has 1 aromatic heterocycles. The molecule has 2 aromatic carbocycles. The molecule has 1 heterocycles. The Morgan fingerprint density at radius 1 is 1.14 bits per heavy atom. The van der Waals surface area contributed by atoms with Gasteiger partial charge in [-0.15, -0.1) is 0 Å². The molecule has 0 fully saturated rings. The van der Waals surface area contributed by atoms with Crippen LogP contribution in [0, 0.1) is 6.92 Å². The van der Waals surface area contributed by atoms with Crippen LogP contribution in [-0.2, 0) is 4.79 Å². The number of carbonyl (C=O) groups is 1. The number of rotatable bonds is 4. The third kappa shape index (κ3) is 5.60. The number of nitrogens with one attached hydrogen (secondary N) is 2. The third-order valence-electron chi connectivity index (χ3n) is 3.86. The highest BCUT2D eigenvalue weighted by atomic mass is 35.5. The van der Waals surface area contributed by atoms with Gasteiger partial charge in [0.25, 0.3) is 0 Å². The second kappa shape index (κ2) is 9.13. The summed E-state index contributed by atoms with van der Waals surface area (Å²) in [5.74, 6) is 0.610. The van der Waals surface area contributed by atoms with Crippen LogP contribution in [0.25, 0.3) is 17.4 Å². The standard InChI is InChI=1S/C21H16Cl2N2O3S/c1-12-2-7-18(26)17(10-12)24-21(29)25-20(27)9-5-14-4-8-19(28-14)15-6-3-13(22)11-16(15)23/h2-11,26H,1H3,(H2,24,25,27,29)/b9-5+. The molecule has 0 saturated carbocycles. The Kier molecular flexibility index (Phi) is 6.59. The van der Waals surface area contributed by atoms with Gasteiger partial charge in [0.15, 0.2) is 5.11 Å². The number of amides is 1. The van der Waals surface area contributed by atoms with Crippen molar-refractivity contribution in [3.63, 3.8) is 0 Å². The van der Waals surface area contributed by atoms with Crippen molar-refractivity contribution in [1.82, 2.24) is 5.32 Å². The van der Waals surface area contributed by atoms with Crippen molar-refractivity contribution in [3.05, 3.63) is 76.0 Å². The number of benzene rings is 2. The van der Waals surface area contributed by atoms with Crippen LogP contribution < -0.4 is 10.6 Å². The van der Waals surface area contributed by atoms with E-state index in [4.69, 9.17) is 39.8 Å². The Morgan fingerprint density at radius 2 is 1.93 bits per heavy atom. The number of anilines is 1. The molecule has 0 aliphatic heterocycles. The van der Waals surface area contributed by atoms with Gasteiger partial charge < -0.3 is 14.8 Å². The lowest BCUT2D eigenvalue weighted by atomic mass is 10.2. The molecule has 29 heavy (non-hydrogen) atoms. The number of phenols is 1. The van der Waals surface area contributed by atoms with Gasteiger partial charge in [-0.1, -0.05) is 29.3 Å². The third-order valence-corrected chi connectivity index (χ3v) is 4.61. The first-order valence-corrected chi connectivity index (χ1v) is 9.63. The van der Waals surface area contributed by atoms with E-state index in [2.05, 4.69) is 10.6 Å². The Hall–Kier alpha value is -2.80.